The summed E-state index contributed by atoms with van der Waals surface area (Å²) in [6.07, 6.45) is 0. The monoisotopic (exact) mass is 594 g/mol. The SMILES string of the molecule is NC(=O)[C@@](N)(CSc1ccccc1)c1ccc(S(=O)(=O)NC(=O)c2ccc(-c3ccc(F)cc3)cc2)cc1[N+](=O)[O-]. The smallest absolute Gasteiger partial charge is 0.276 e. The summed E-state index contributed by atoms with van der Waals surface area (Å²) in [5.41, 5.74) is 10.2. The van der Waals surface area contributed by atoms with E-state index in [0.29, 0.717) is 11.1 Å². The van der Waals surface area contributed by atoms with Crippen molar-refractivity contribution in [1.29, 1.82) is 0 Å². The van der Waals surface area contributed by atoms with E-state index in [1.54, 1.807) is 54.6 Å². The lowest BCUT2D eigenvalue weighted by molar-refractivity contribution is -0.386. The number of hydrogen-bond donors (Lipinski definition) is 3. The lowest BCUT2D eigenvalue weighted by Gasteiger charge is -2.26. The van der Waals surface area contributed by atoms with Crippen LogP contribution in [-0.2, 0) is 20.4 Å². The summed E-state index contributed by atoms with van der Waals surface area (Å²) in [5, 5.41) is 11.9. The quantitative estimate of drug-likeness (QED) is 0.140. The van der Waals surface area contributed by atoms with Crippen LogP contribution in [0.3, 0.4) is 0 Å². The summed E-state index contributed by atoms with van der Waals surface area (Å²) in [6, 6.07) is 23.2. The topological polar surface area (TPSA) is 175 Å². The van der Waals surface area contributed by atoms with Crippen LogP contribution in [0.5, 0.6) is 0 Å². The van der Waals surface area contributed by atoms with Crippen LogP contribution < -0.4 is 16.2 Å². The third kappa shape index (κ3) is 6.60. The van der Waals surface area contributed by atoms with Gasteiger partial charge >= 0.3 is 0 Å². The predicted molar refractivity (Wildman–Crippen MR) is 152 cm³/mol. The number of nitro groups is 1. The normalized spacial score (nSPS) is 12.7. The minimum Gasteiger partial charge on any atom is -0.368 e. The molecule has 210 valence electrons. The summed E-state index contributed by atoms with van der Waals surface area (Å²) in [6.45, 7) is 0. The van der Waals surface area contributed by atoms with Crippen LogP contribution in [-0.4, -0.2) is 30.9 Å². The molecule has 2 amide bonds. The second-order valence-corrected chi connectivity index (χ2v) is 11.6. The molecular formula is C28H23FN4O6S2. The lowest BCUT2D eigenvalue weighted by Crippen LogP contribution is -2.51. The van der Waals surface area contributed by atoms with Gasteiger partial charge < -0.3 is 11.5 Å². The maximum absolute atomic E-state index is 13.2. The number of nitrogens with one attached hydrogen (secondary N) is 1. The van der Waals surface area contributed by atoms with Gasteiger partial charge in [-0.3, -0.25) is 19.7 Å². The van der Waals surface area contributed by atoms with Crippen molar-refractivity contribution in [1.82, 2.24) is 4.72 Å². The number of benzene rings is 4. The number of sulfonamides is 1. The Balaban J connectivity index is 1.58. The van der Waals surface area contributed by atoms with Crippen LogP contribution in [0.2, 0.25) is 0 Å². The Morgan fingerprint density at radius 3 is 2.07 bits per heavy atom. The highest BCUT2D eigenvalue weighted by Crippen LogP contribution is 2.35. The Bertz CT molecular complexity index is 1720. The minimum absolute atomic E-state index is 0.00167. The van der Waals surface area contributed by atoms with Gasteiger partial charge in [-0.05, 0) is 59.7 Å². The van der Waals surface area contributed by atoms with E-state index in [1.165, 1.54) is 24.3 Å². The second kappa shape index (κ2) is 11.9. The molecule has 10 nitrogen and oxygen atoms in total. The van der Waals surface area contributed by atoms with Gasteiger partial charge in [0.05, 0.1) is 15.4 Å². The molecule has 0 aliphatic carbocycles. The van der Waals surface area contributed by atoms with Crippen molar-refractivity contribution in [2.45, 2.75) is 15.3 Å². The highest BCUT2D eigenvalue weighted by molar-refractivity contribution is 7.99. The standard InChI is InChI=1S/C28H23FN4O6S2/c29-21-12-10-19(11-13-21)18-6-8-20(9-7-18)26(34)32-41(38,39)23-14-15-24(25(16-23)33(36)37)28(31,27(30)35)17-40-22-4-2-1-3-5-22/h1-16H,17,31H2,(H2,30,35)(H,32,34)/t28-/m1/s1. The van der Waals surface area contributed by atoms with Gasteiger partial charge in [-0.2, -0.15) is 0 Å². The number of thioether (sulfide) groups is 1. The molecule has 0 aromatic heterocycles. The summed E-state index contributed by atoms with van der Waals surface area (Å²) in [7, 11) is -4.58. The van der Waals surface area contributed by atoms with Crippen molar-refractivity contribution in [2.24, 2.45) is 11.5 Å². The first-order chi connectivity index (χ1) is 19.4. The van der Waals surface area contributed by atoms with Gasteiger partial charge in [0, 0.05) is 22.3 Å². The fourth-order valence-electron chi connectivity index (χ4n) is 3.90. The van der Waals surface area contributed by atoms with Crippen LogP contribution in [0.15, 0.2) is 107 Å². The number of amides is 2. The van der Waals surface area contributed by atoms with E-state index in [9.17, 15) is 32.5 Å². The number of nitro benzene ring substituents is 1. The van der Waals surface area contributed by atoms with Crippen molar-refractivity contribution in [3.05, 3.63) is 124 Å². The highest BCUT2D eigenvalue weighted by Gasteiger charge is 2.40. The zero-order chi connectivity index (χ0) is 29.8. The number of nitrogens with zero attached hydrogens (tertiary/aromatic N) is 1. The molecule has 0 radical (unpaired) electrons. The average molecular weight is 595 g/mol. The molecule has 0 heterocycles. The zero-order valence-electron chi connectivity index (χ0n) is 21.2. The van der Waals surface area contributed by atoms with Gasteiger partial charge in [-0.25, -0.2) is 17.5 Å². The Labute approximate surface area is 238 Å². The molecule has 0 saturated carbocycles. The number of hydrogen-bond acceptors (Lipinski definition) is 8. The molecule has 4 rings (SSSR count). The van der Waals surface area contributed by atoms with Gasteiger partial charge in [-0.15, -0.1) is 11.8 Å². The highest BCUT2D eigenvalue weighted by atomic mass is 32.2. The van der Waals surface area contributed by atoms with Gasteiger partial charge in [-0.1, -0.05) is 42.5 Å². The molecule has 0 fully saturated rings. The third-order valence-electron chi connectivity index (χ3n) is 6.16. The summed E-state index contributed by atoms with van der Waals surface area (Å²) < 4.78 is 41.1. The minimum atomic E-state index is -4.58. The van der Waals surface area contributed by atoms with Gasteiger partial charge in [0.15, 0.2) is 0 Å². The van der Waals surface area contributed by atoms with Crippen LogP contribution in [0.4, 0.5) is 10.1 Å². The number of nitrogens with two attached hydrogens (primary N) is 2. The summed E-state index contributed by atoms with van der Waals surface area (Å²) in [4.78, 5) is 36.3. The Morgan fingerprint density at radius 1 is 0.927 bits per heavy atom. The Kier molecular flexibility index (Phi) is 8.52. The number of rotatable bonds is 10. The molecular weight excluding hydrogens is 571 g/mol. The maximum Gasteiger partial charge on any atom is 0.276 e. The maximum atomic E-state index is 13.2. The zero-order valence-corrected chi connectivity index (χ0v) is 22.8. The van der Waals surface area contributed by atoms with Crippen molar-refractivity contribution >= 4 is 39.3 Å². The molecule has 41 heavy (non-hydrogen) atoms. The van der Waals surface area contributed by atoms with Crippen molar-refractivity contribution in [2.75, 3.05) is 5.75 Å². The van der Waals surface area contributed by atoms with Gasteiger partial charge in [0.1, 0.15) is 11.4 Å². The van der Waals surface area contributed by atoms with E-state index in [2.05, 4.69) is 0 Å². The van der Waals surface area contributed by atoms with Crippen molar-refractivity contribution in [3.63, 3.8) is 0 Å². The first kappa shape index (κ1) is 29.4. The molecule has 0 aliphatic rings. The Morgan fingerprint density at radius 2 is 1.51 bits per heavy atom. The van der Waals surface area contributed by atoms with E-state index < -0.39 is 48.7 Å². The molecule has 0 unspecified atom stereocenters. The molecule has 0 aliphatic heterocycles. The first-order valence-corrected chi connectivity index (χ1v) is 14.4. The number of carbonyl (C=O) groups is 2. The number of primary amides is 1. The largest absolute Gasteiger partial charge is 0.368 e. The fraction of sp³-hybridized carbons (Fsp3) is 0.0714. The predicted octanol–water partition coefficient (Wildman–Crippen LogP) is 3.95. The molecule has 5 N–H and O–H groups in total. The first-order valence-electron chi connectivity index (χ1n) is 11.9. The lowest BCUT2D eigenvalue weighted by atomic mass is 9.91. The van der Waals surface area contributed by atoms with E-state index in [0.717, 1.165) is 34.9 Å². The Hall–Kier alpha value is -4.59. The van der Waals surface area contributed by atoms with Crippen molar-refractivity contribution < 1.29 is 27.3 Å². The fourth-order valence-corrected chi connectivity index (χ4v) is 5.93. The van der Waals surface area contributed by atoms with Crippen LogP contribution >= 0.6 is 11.8 Å². The van der Waals surface area contributed by atoms with Crippen LogP contribution in [0.1, 0.15) is 15.9 Å². The molecule has 0 saturated heterocycles. The second-order valence-electron chi connectivity index (χ2n) is 8.89. The van der Waals surface area contributed by atoms with Gasteiger partial charge in [0.2, 0.25) is 5.91 Å². The average Bonchev–Trinajstić information content (AvgIpc) is 2.96. The van der Waals surface area contributed by atoms with Gasteiger partial charge in [0.25, 0.3) is 21.6 Å². The summed E-state index contributed by atoms with van der Waals surface area (Å²) in [5.74, 6) is -2.59. The molecule has 0 bridgehead atoms. The van der Waals surface area contributed by atoms with E-state index in [4.69, 9.17) is 11.5 Å². The van der Waals surface area contributed by atoms with E-state index in [1.807, 2.05) is 4.72 Å². The molecule has 4 aromatic rings. The number of halogens is 1. The van der Waals surface area contributed by atoms with E-state index in [-0.39, 0.29) is 16.9 Å². The van der Waals surface area contributed by atoms with E-state index >= 15 is 0 Å². The number of carbonyl (C=O) groups excluding carboxylic acids is 2. The van der Waals surface area contributed by atoms with Crippen LogP contribution in [0.25, 0.3) is 11.1 Å². The third-order valence-corrected chi connectivity index (χ3v) is 8.69. The molecule has 4 aromatic carbocycles. The van der Waals surface area contributed by atoms with Crippen molar-refractivity contribution in [3.8, 4) is 11.1 Å². The molecule has 0 spiro atoms. The molecule has 1 atom stereocenters. The van der Waals surface area contributed by atoms with Crippen LogP contribution in [0, 0.1) is 15.9 Å². The summed E-state index contributed by atoms with van der Waals surface area (Å²) >= 11 is 1.15. The molecule has 13 heteroatoms.